The van der Waals surface area contributed by atoms with E-state index < -0.39 is 4.92 Å². The molecule has 6 nitrogen and oxygen atoms in total. The maximum Gasteiger partial charge on any atom is 0.273 e. The Bertz CT molecular complexity index is 466. The summed E-state index contributed by atoms with van der Waals surface area (Å²) >= 11 is 0. The lowest BCUT2D eigenvalue weighted by atomic mass is 10.1. The van der Waals surface area contributed by atoms with Gasteiger partial charge in [0.15, 0.2) is 0 Å². The van der Waals surface area contributed by atoms with Gasteiger partial charge in [-0.15, -0.1) is 0 Å². The van der Waals surface area contributed by atoms with Crippen LogP contribution in [0.1, 0.15) is 26.3 Å². The number of amides is 1. The van der Waals surface area contributed by atoms with Crippen LogP contribution in [0.15, 0.2) is 24.3 Å². The summed E-state index contributed by atoms with van der Waals surface area (Å²) in [5, 5.41) is 16.5. The maximum absolute atomic E-state index is 11.6. The largest absolute Gasteiger partial charge is 0.350 e. The van der Waals surface area contributed by atoms with Crippen LogP contribution in [-0.2, 0) is 11.3 Å². The molecule has 6 heteroatoms. The van der Waals surface area contributed by atoms with Gasteiger partial charge in [-0.3, -0.25) is 14.9 Å². The Balaban J connectivity index is 2.50. The summed E-state index contributed by atoms with van der Waals surface area (Å²) in [4.78, 5) is 21.9. The Morgan fingerprint density at radius 1 is 1.32 bits per heavy atom. The number of nitro groups is 1. The minimum absolute atomic E-state index is 0.0613. The molecule has 0 spiro atoms. The van der Waals surface area contributed by atoms with E-state index in [1.54, 1.807) is 18.2 Å². The van der Waals surface area contributed by atoms with Crippen LogP contribution in [0.5, 0.6) is 0 Å². The Labute approximate surface area is 112 Å². The number of nitrogens with one attached hydrogen (secondary N) is 2. The lowest BCUT2D eigenvalue weighted by Gasteiger charge is -2.20. The van der Waals surface area contributed by atoms with Crippen molar-refractivity contribution in [3.05, 3.63) is 39.9 Å². The molecule has 0 aliphatic rings. The highest BCUT2D eigenvalue weighted by Crippen LogP contribution is 2.16. The molecule has 0 unspecified atom stereocenters. The quantitative estimate of drug-likeness (QED) is 0.625. The van der Waals surface area contributed by atoms with Gasteiger partial charge in [0.2, 0.25) is 5.91 Å². The Morgan fingerprint density at radius 2 is 1.95 bits per heavy atom. The number of rotatable bonds is 5. The first kappa shape index (κ1) is 15.1. The number of benzene rings is 1. The van der Waals surface area contributed by atoms with Gasteiger partial charge >= 0.3 is 0 Å². The number of nitrogens with zero attached hydrogens (tertiary/aromatic N) is 1. The molecule has 1 rings (SSSR count). The number of hydrogen-bond donors (Lipinski definition) is 2. The number of nitro benzene ring substituents is 1. The normalized spacial score (nSPS) is 11.1. The van der Waals surface area contributed by atoms with Gasteiger partial charge in [-0.2, -0.15) is 0 Å². The molecule has 0 saturated heterocycles. The van der Waals surface area contributed by atoms with Crippen molar-refractivity contribution in [1.82, 2.24) is 10.6 Å². The van der Waals surface area contributed by atoms with E-state index in [9.17, 15) is 14.9 Å². The first-order valence-corrected chi connectivity index (χ1v) is 6.03. The van der Waals surface area contributed by atoms with E-state index in [0.29, 0.717) is 5.56 Å². The smallest absolute Gasteiger partial charge is 0.273 e. The number of carbonyl (C=O) groups excluding carboxylic acids is 1. The molecule has 1 aromatic carbocycles. The zero-order chi connectivity index (χ0) is 14.5. The highest BCUT2D eigenvalue weighted by atomic mass is 16.6. The zero-order valence-electron chi connectivity index (χ0n) is 11.4. The van der Waals surface area contributed by atoms with Gasteiger partial charge in [-0.1, -0.05) is 18.2 Å². The molecule has 0 bridgehead atoms. The molecule has 0 fully saturated rings. The van der Waals surface area contributed by atoms with Crippen LogP contribution in [0.4, 0.5) is 5.69 Å². The van der Waals surface area contributed by atoms with Crippen molar-refractivity contribution < 1.29 is 9.72 Å². The van der Waals surface area contributed by atoms with Gasteiger partial charge in [0, 0.05) is 23.7 Å². The van der Waals surface area contributed by atoms with Crippen molar-refractivity contribution in [2.24, 2.45) is 0 Å². The molecule has 0 atom stereocenters. The standard InChI is InChI=1S/C13H19N3O3/c1-13(2,3)15-12(17)9-14-8-10-6-4-5-7-11(10)16(18)19/h4-7,14H,8-9H2,1-3H3,(H,15,17). The molecule has 104 valence electrons. The predicted molar refractivity (Wildman–Crippen MR) is 72.7 cm³/mol. The Kier molecular flexibility index (Phi) is 5.00. The van der Waals surface area contributed by atoms with Gasteiger partial charge < -0.3 is 10.6 Å². The molecule has 1 amide bonds. The van der Waals surface area contributed by atoms with E-state index in [4.69, 9.17) is 0 Å². The van der Waals surface area contributed by atoms with Crippen molar-refractivity contribution in [3.63, 3.8) is 0 Å². The maximum atomic E-state index is 11.6. The summed E-state index contributed by atoms with van der Waals surface area (Å²) in [6.45, 7) is 6.10. The van der Waals surface area contributed by atoms with E-state index in [1.807, 2.05) is 20.8 Å². The third-order valence-electron chi connectivity index (χ3n) is 2.30. The fraction of sp³-hybridized carbons (Fsp3) is 0.462. The first-order chi connectivity index (χ1) is 8.79. The molecule has 2 N–H and O–H groups in total. The lowest BCUT2D eigenvalue weighted by Crippen LogP contribution is -2.44. The van der Waals surface area contributed by atoms with Crippen molar-refractivity contribution in [1.29, 1.82) is 0 Å². The molecule has 1 aromatic rings. The van der Waals surface area contributed by atoms with Crippen molar-refractivity contribution >= 4 is 11.6 Å². The molecule has 0 aliphatic carbocycles. The van der Waals surface area contributed by atoms with Crippen molar-refractivity contribution in [2.75, 3.05) is 6.54 Å². The van der Waals surface area contributed by atoms with Crippen molar-refractivity contribution in [2.45, 2.75) is 32.9 Å². The summed E-state index contributed by atoms with van der Waals surface area (Å²) in [5.41, 5.74) is 0.347. The second-order valence-corrected chi connectivity index (χ2v) is 5.29. The van der Waals surface area contributed by atoms with Crippen LogP contribution >= 0.6 is 0 Å². The van der Waals surface area contributed by atoms with Gasteiger partial charge in [0.25, 0.3) is 5.69 Å². The fourth-order valence-corrected chi connectivity index (χ4v) is 1.61. The molecule has 0 saturated carbocycles. The third kappa shape index (κ3) is 5.48. The van der Waals surface area contributed by atoms with E-state index in [2.05, 4.69) is 10.6 Å². The van der Waals surface area contributed by atoms with Crippen LogP contribution in [0, 0.1) is 10.1 Å². The fourth-order valence-electron chi connectivity index (χ4n) is 1.61. The van der Waals surface area contributed by atoms with E-state index in [0.717, 1.165) is 0 Å². The molecule has 0 radical (unpaired) electrons. The van der Waals surface area contributed by atoms with Crippen LogP contribution in [0.2, 0.25) is 0 Å². The molecule has 0 heterocycles. The highest BCUT2D eigenvalue weighted by molar-refractivity contribution is 5.78. The number of carbonyl (C=O) groups is 1. The predicted octanol–water partition coefficient (Wildman–Crippen LogP) is 1.60. The third-order valence-corrected chi connectivity index (χ3v) is 2.30. The Morgan fingerprint density at radius 3 is 2.53 bits per heavy atom. The SMILES string of the molecule is CC(C)(C)NC(=O)CNCc1ccccc1[N+](=O)[O-]. The molecule has 19 heavy (non-hydrogen) atoms. The van der Waals surface area contributed by atoms with Gasteiger partial charge in [0.05, 0.1) is 11.5 Å². The first-order valence-electron chi connectivity index (χ1n) is 6.03. The monoisotopic (exact) mass is 265 g/mol. The van der Waals surface area contributed by atoms with Crippen LogP contribution in [0.25, 0.3) is 0 Å². The van der Waals surface area contributed by atoms with Gasteiger partial charge in [-0.25, -0.2) is 0 Å². The van der Waals surface area contributed by atoms with Crippen molar-refractivity contribution in [3.8, 4) is 0 Å². The number of para-hydroxylation sites is 1. The van der Waals surface area contributed by atoms with Gasteiger partial charge in [-0.05, 0) is 20.8 Å². The average Bonchev–Trinajstić information content (AvgIpc) is 2.27. The summed E-state index contributed by atoms with van der Waals surface area (Å²) in [5.74, 6) is -0.133. The lowest BCUT2D eigenvalue weighted by molar-refractivity contribution is -0.385. The minimum atomic E-state index is -0.424. The topological polar surface area (TPSA) is 84.3 Å². The number of hydrogen-bond acceptors (Lipinski definition) is 4. The van der Waals surface area contributed by atoms with Crippen LogP contribution < -0.4 is 10.6 Å². The second-order valence-electron chi connectivity index (χ2n) is 5.29. The minimum Gasteiger partial charge on any atom is -0.350 e. The van der Waals surface area contributed by atoms with Crippen LogP contribution in [0.3, 0.4) is 0 Å². The van der Waals surface area contributed by atoms with Crippen LogP contribution in [-0.4, -0.2) is 22.9 Å². The molecule has 0 aliphatic heterocycles. The molecular formula is C13H19N3O3. The highest BCUT2D eigenvalue weighted by Gasteiger charge is 2.14. The second kappa shape index (κ2) is 6.29. The van der Waals surface area contributed by atoms with E-state index in [1.165, 1.54) is 6.07 Å². The average molecular weight is 265 g/mol. The summed E-state index contributed by atoms with van der Waals surface area (Å²) in [7, 11) is 0. The molecular weight excluding hydrogens is 246 g/mol. The van der Waals surface area contributed by atoms with Gasteiger partial charge in [0.1, 0.15) is 0 Å². The van der Waals surface area contributed by atoms with E-state index in [-0.39, 0.29) is 30.2 Å². The molecule has 0 aromatic heterocycles. The van der Waals surface area contributed by atoms with E-state index >= 15 is 0 Å². The summed E-state index contributed by atoms with van der Waals surface area (Å²) in [6.07, 6.45) is 0. The summed E-state index contributed by atoms with van der Waals surface area (Å²) < 4.78 is 0. The zero-order valence-corrected chi connectivity index (χ0v) is 11.4. The summed E-state index contributed by atoms with van der Waals surface area (Å²) in [6, 6.07) is 6.48. The Hall–Kier alpha value is -1.95.